The molecular formula is C24H21N. The van der Waals surface area contributed by atoms with E-state index in [2.05, 4.69) is 96.3 Å². The second-order valence-corrected chi connectivity index (χ2v) is 6.29. The Labute approximate surface area is 149 Å². The number of benzene rings is 3. The summed E-state index contributed by atoms with van der Waals surface area (Å²) in [6, 6.07) is 27.6. The number of hydrogen-bond donors (Lipinski definition) is 1. The fourth-order valence-corrected chi connectivity index (χ4v) is 3.18. The Morgan fingerprint density at radius 3 is 2.00 bits per heavy atom. The van der Waals surface area contributed by atoms with Crippen LogP contribution in [0.4, 0.5) is 11.4 Å². The van der Waals surface area contributed by atoms with Crippen LogP contribution in [0.1, 0.15) is 18.4 Å². The maximum atomic E-state index is 3.54. The highest BCUT2D eigenvalue weighted by molar-refractivity contribution is 5.78. The monoisotopic (exact) mass is 323 g/mol. The molecule has 3 aromatic rings. The summed E-state index contributed by atoms with van der Waals surface area (Å²) in [6.07, 6.45) is 9.06. The molecule has 1 aliphatic carbocycles. The first-order valence-corrected chi connectivity index (χ1v) is 8.78. The highest BCUT2D eigenvalue weighted by Gasteiger charge is 2.04. The van der Waals surface area contributed by atoms with Gasteiger partial charge in [0.15, 0.2) is 0 Å². The van der Waals surface area contributed by atoms with Crippen LogP contribution in [-0.4, -0.2) is 0 Å². The van der Waals surface area contributed by atoms with Crippen molar-refractivity contribution in [2.24, 2.45) is 0 Å². The van der Waals surface area contributed by atoms with E-state index >= 15 is 0 Å². The molecule has 25 heavy (non-hydrogen) atoms. The summed E-state index contributed by atoms with van der Waals surface area (Å²) in [4.78, 5) is 0. The van der Waals surface area contributed by atoms with Crippen molar-refractivity contribution in [3.8, 4) is 11.1 Å². The Morgan fingerprint density at radius 1 is 0.600 bits per heavy atom. The molecule has 0 atom stereocenters. The molecule has 0 unspecified atom stereocenters. The fourth-order valence-electron chi connectivity index (χ4n) is 3.18. The molecule has 0 bridgehead atoms. The Kier molecular flexibility index (Phi) is 4.47. The lowest BCUT2D eigenvalue weighted by Gasteiger charge is -2.12. The largest absolute Gasteiger partial charge is 0.355 e. The molecule has 0 fully saturated rings. The molecule has 1 heteroatoms. The van der Waals surface area contributed by atoms with Gasteiger partial charge in [-0.05, 0) is 59.4 Å². The third kappa shape index (κ3) is 3.72. The minimum Gasteiger partial charge on any atom is -0.355 e. The topological polar surface area (TPSA) is 12.0 Å². The molecule has 4 rings (SSSR count). The van der Waals surface area contributed by atoms with E-state index in [-0.39, 0.29) is 0 Å². The van der Waals surface area contributed by atoms with Crippen molar-refractivity contribution in [3.63, 3.8) is 0 Å². The van der Waals surface area contributed by atoms with Gasteiger partial charge in [0.1, 0.15) is 0 Å². The molecular weight excluding hydrogens is 302 g/mol. The lowest BCUT2D eigenvalue weighted by Crippen LogP contribution is -1.93. The fraction of sp³-hybridized carbons (Fsp3) is 0.0833. The summed E-state index contributed by atoms with van der Waals surface area (Å²) in [5.74, 6) is 0. The average Bonchev–Trinajstić information content (AvgIpc) is 2.70. The third-order valence-corrected chi connectivity index (χ3v) is 4.45. The van der Waals surface area contributed by atoms with Gasteiger partial charge in [-0.2, -0.15) is 0 Å². The number of rotatable bonds is 4. The molecule has 1 aliphatic rings. The standard InChI is InChI=1S/C24H21N/c1-3-9-19(10-4-1)21-13-7-15-23(17-21)25-24-16-8-14-22(18-24)20-11-5-2-6-12-20/h1,3-5,7-18,25H,2,6H2. The maximum absolute atomic E-state index is 3.54. The highest BCUT2D eigenvalue weighted by Crippen LogP contribution is 2.27. The van der Waals surface area contributed by atoms with Gasteiger partial charge in [-0.3, -0.25) is 0 Å². The third-order valence-electron chi connectivity index (χ3n) is 4.45. The Balaban J connectivity index is 1.59. The van der Waals surface area contributed by atoms with Crippen molar-refractivity contribution in [2.45, 2.75) is 12.8 Å². The van der Waals surface area contributed by atoms with Crippen molar-refractivity contribution < 1.29 is 0 Å². The summed E-state index contributed by atoms with van der Waals surface area (Å²) in [5.41, 5.74) is 7.25. The van der Waals surface area contributed by atoms with Crippen molar-refractivity contribution >= 4 is 16.9 Å². The maximum Gasteiger partial charge on any atom is 0.0390 e. The number of hydrogen-bond acceptors (Lipinski definition) is 1. The van der Waals surface area contributed by atoms with Crippen molar-refractivity contribution in [3.05, 3.63) is 103 Å². The van der Waals surface area contributed by atoms with Crippen LogP contribution in [0.3, 0.4) is 0 Å². The van der Waals surface area contributed by atoms with Crippen LogP contribution in [-0.2, 0) is 0 Å². The van der Waals surface area contributed by atoms with E-state index in [0.717, 1.165) is 24.2 Å². The molecule has 0 aliphatic heterocycles. The molecule has 122 valence electrons. The zero-order chi connectivity index (χ0) is 16.9. The van der Waals surface area contributed by atoms with Crippen LogP contribution < -0.4 is 5.32 Å². The van der Waals surface area contributed by atoms with Gasteiger partial charge in [0, 0.05) is 11.4 Å². The smallest absolute Gasteiger partial charge is 0.0390 e. The van der Waals surface area contributed by atoms with Gasteiger partial charge < -0.3 is 5.32 Å². The summed E-state index contributed by atoms with van der Waals surface area (Å²) >= 11 is 0. The lowest BCUT2D eigenvalue weighted by molar-refractivity contribution is 1.04. The Morgan fingerprint density at radius 2 is 1.28 bits per heavy atom. The van der Waals surface area contributed by atoms with Crippen LogP contribution in [0.25, 0.3) is 16.7 Å². The van der Waals surface area contributed by atoms with Crippen molar-refractivity contribution in [1.29, 1.82) is 0 Å². The molecule has 0 radical (unpaired) electrons. The van der Waals surface area contributed by atoms with Crippen LogP contribution in [0.15, 0.2) is 97.1 Å². The zero-order valence-electron chi connectivity index (χ0n) is 14.2. The van der Waals surface area contributed by atoms with Gasteiger partial charge in [-0.15, -0.1) is 0 Å². The summed E-state index contributed by atoms with van der Waals surface area (Å²) < 4.78 is 0. The van der Waals surface area contributed by atoms with E-state index in [4.69, 9.17) is 0 Å². The quantitative estimate of drug-likeness (QED) is 0.555. The van der Waals surface area contributed by atoms with Crippen LogP contribution in [0.5, 0.6) is 0 Å². The van der Waals surface area contributed by atoms with Gasteiger partial charge >= 0.3 is 0 Å². The zero-order valence-corrected chi connectivity index (χ0v) is 14.2. The van der Waals surface area contributed by atoms with E-state index in [1.165, 1.54) is 22.3 Å². The predicted octanol–water partition coefficient (Wildman–Crippen LogP) is 6.83. The van der Waals surface area contributed by atoms with Crippen molar-refractivity contribution in [1.82, 2.24) is 0 Å². The van der Waals surface area contributed by atoms with Crippen LogP contribution in [0, 0.1) is 0 Å². The number of nitrogens with one attached hydrogen (secondary N) is 1. The van der Waals surface area contributed by atoms with Gasteiger partial charge in [-0.25, -0.2) is 0 Å². The number of allylic oxidation sites excluding steroid dienone is 4. The summed E-state index contributed by atoms with van der Waals surface area (Å²) in [7, 11) is 0. The van der Waals surface area contributed by atoms with E-state index in [1.807, 2.05) is 6.07 Å². The molecule has 1 nitrogen and oxygen atoms in total. The molecule has 1 N–H and O–H groups in total. The van der Waals surface area contributed by atoms with Crippen LogP contribution in [0.2, 0.25) is 0 Å². The molecule has 3 aromatic carbocycles. The average molecular weight is 323 g/mol. The van der Waals surface area contributed by atoms with Gasteiger partial charge in [0.05, 0.1) is 0 Å². The van der Waals surface area contributed by atoms with E-state index in [9.17, 15) is 0 Å². The normalized spacial score (nSPS) is 13.4. The van der Waals surface area contributed by atoms with Gasteiger partial charge in [0.25, 0.3) is 0 Å². The first-order chi connectivity index (χ1) is 12.4. The van der Waals surface area contributed by atoms with Crippen molar-refractivity contribution in [2.75, 3.05) is 5.32 Å². The van der Waals surface area contributed by atoms with Gasteiger partial charge in [0.2, 0.25) is 0 Å². The predicted molar refractivity (Wildman–Crippen MR) is 108 cm³/mol. The lowest BCUT2D eigenvalue weighted by atomic mass is 9.99. The van der Waals surface area contributed by atoms with E-state index in [1.54, 1.807) is 0 Å². The second kappa shape index (κ2) is 7.23. The van der Waals surface area contributed by atoms with Crippen LogP contribution >= 0.6 is 0 Å². The number of anilines is 2. The Hall–Kier alpha value is -3.06. The second-order valence-electron chi connectivity index (χ2n) is 6.29. The summed E-state index contributed by atoms with van der Waals surface area (Å²) in [6.45, 7) is 0. The van der Waals surface area contributed by atoms with E-state index in [0.29, 0.717) is 0 Å². The van der Waals surface area contributed by atoms with Gasteiger partial charge in [-0.1, -0.05) is 72.8 Å². The minimum absolute atomic E-state index is 1.10. The molecule has 0 saturated heterocycles. The first kappa shape index (κ1) is 15.5. The molecule has 0 spiro atoms. The van der Waals surface area contributed by atoms with E-state index < -0.39 is 0 Å². The Bertz CT molecular complexity index is 920. The molecule has 0 aromatic heterocycles. The summed E-state index contributed by atoms with van der Waals surface area (Å²) in [5, 5.41) is 3.54. The molecule has 0 amide bonds. The first-order valence-electron chi connectivity index (χ1n) is 8.78. The highest BCUT2D eigenvalue weighted by atomic mass is 14.9. The minimum atomic E-state index is 1.10. The molecule has 0 heterocycles. The SMILES string of the molecule is C1=CC(c2cccc(Nc3cccc(-c4ccccc4)c3)c2)=CCC1. The molecule has 0 saturated carbocycles.